The summed E-state index contributed by atoms with van der Waals surface area (Å²) in [6.07, 6.45) is 1.36. The smallest absolute Gasteiger partial charge is 0.168 e. The SMILES string of the molecule is CC(C)S(=O)(=O)C1CC(Nc2cc(Cl)ccc2Cl)CCN1. The van der Waals surface area contributed by atoms with E-state index in [9.17, 15) is 8.42 Å². The number of hydrogen-bond acceptors (Lipinski definition) is 4. The van der Waals surface area contributed by atoms with Gasteiger partial charge < -0.3 is 10.6 Å². The second-order valence-corrected chi connectivity index (χ2v) is 9.10. The molecule has 2 atom stereocenters. The van der Waals surface area contributed by atoms with Crippen LogP contribution in [0.4, 0.5) is 5.69 Å². The first-order chi connectivity index (χ1) is 9.80. The van der Waals surface area contributed by atoms with E-state index in [1.807, 2.05) is 0 Å². The zero-order valence-corrected chi connectivity index (χ0v) is 14.4. The lowest BCUT2D eigenvalue weighted by Gasteiger charge is -2.32. The van der Waals surface area contributed by atoms with E-state index < -0.39 is 15.2 Å². The summed E-state index contributed by atoms with van der Waals surface area (Å²) in [4.78, 5) is 0. The molecule has 118 valence electrons. The summed E-state index contributed by atoms with van der Waals surface area (Å²) in [5, 5.41) is 6.69. The number of anilines is 1. The molecule has 2 rings (SSSR count). The Morgan fingerprint density at radius 2 is 2.05 bits per heavy atom. The number of rotatable bonds is 4. The molecule has 0 radical (unpaired) electrons. The molecule has 7 heteroatoms. The predicted octanol–water partition coefficient (Wildman–Crippen LogP) is 3.31. The molecule has 1 aromatic rings. The van der Waals surface area contributed by atoms with Crippen molar-refractivity contribution in [2.45, 2.75) is 43.4 Å². The highest BCUT2D eigenvalue weighted by molar-refractivity contribution is 7.92. The van der Waals surface area contributed by atoms with Crippen molar-refractivity contribution in [3.63, 3.8) is 0 Å². The first kappa shape index (κ1) is 16.9. The van der Waals surface area contributed by atoms with Gasteiger partial charge in [0.05, 0.1) is 16.0 Å². The van der Waals surface area contributed by atoms with Crippen molar-refractivity contribution in [2.75, 3.05) is 11.9 Å². The highest BCUT2D eigenvalue weighted by Crippen LogP contribution is 2.28. The van der Waals surface area contributed by atoms with Crippen molar-refractivity contribution in [2.24, 2.45) is 0 Å². The molecule has 21 heavy (non-hydrogen) atoms. The highest BCUT2D eigenvalue weighted by atomic mass is 35.5. The van der Waals surface area contributed by atoms with Crippen molar-refractivity contribution in [1.82, 2.24) is 5.32 Å². The van der Waals surface area contributed by atoms with E-state index in [0.717, 1.165) is 12.1 Å². The summed E-state index contributed by atoms with van der Waals surface area (Å²) in [5.41, 5.74) is 0.747. The summed E-state index contributed by atoms with van der Waals surface area (Å²) in [5.74, 6) is 0. The Hall–Kier alpha value is -0.490. The predicted molar refractivity (Wildman–Crippen MR) is 89.0 cm³/mol. The van der Waals surface area contributed by atoms with E-state index in [1.165, 1.54) is 0 Å². The van der Waals surface area contributed by atoms with E-state index in [2.05, 4.69) is 10.6 Å². The van der Waals surface area contributed by atoms with Gasteiger partial charge in [-0.1, -0.05) is 23.2 Å². The normalized spacial score (nSPS) is 23.3. The Morgan fingerprint density at radius 1 is 1.33 bits per heavy atom. The van der Waals surface area contributed by atoms with Crippen LogP contribution in [0.2, 0.25) is 10.0 Å². The maximum atomic E-state index is 12.3. The molecule has 0 saturated carbocycles. The average molecular weight is 351 g/mol. The first-order valence-electron chi connectivity index (χ1n) is 6.98. The van der Waals surface area contributed by atoms with Crippen LogP contribution in [0.5, 0.6) is 0 Å². The summed E-state index contributed by atoms with van der Waals surface area (Å²) in [6.45, 7) is 4.08. The van der Waals surface area contributed by atoms with Crippen LogP contribution in [0.25, 0.3) is 0 Å². The van der Waals surface area contributed by atoms with Crippen LogP contribution in [0, 0.1) is 0 Å². The van der Waals surface area contributed by atoms with Gasteiger partial charge in [-0.05, 0) is 51.4 Å². The number of benzene rings is 1. The molecule has 0 aliphatic carbocycles. The molecule has 1 aliphatic rings. The van der Waals surface area contributed by atoms with Gasteiger partial charge in [0.15, 0.2) is 9.84 Å². The van der Waals surface area contributed by atoms with Crippen LogP contribution < -0.4 is 10.6 Å². The zero-order valence-electron chi connectivity index (χ0n) is 12.1. The topological polar surface area (TPSA) is 58.2 Å². The summed E-state index contributed by atoms with van der Waals surface area (Å²) in [6, 6.07) is 5.28. The third kappa shape index (κ3) is 4.03. The van der Waals surface area contributed by atoms with Gasteiger partial charge in [-0.15, -0.1) is 0 Å². The second kappa shape index (κ2) is 6.73. The number of hydrogen-bond donors (Lipinski definition) is 2. The van der Waals surface area contributed by atoms with Gasteiger partial charge in [-0.25, -0.2) is 8.42 Å². The Kier molecular flexibility index (Phi) is 5.41. The standard InChI is InChI=1S/C14H20Cl2N2O2S/c1-9(2)21(19,20)14-8-11(5-6-17-14)18-13-7-10(15)3-4-12(13)16/h3-4,7,9,11,14,17-18H,5-6,8H2,1-2H3. The Balaban J connectivity index is 2.10. The van der Waals surface area contributed by atoms with E-state index >= 15 is 0 Å². The lowest BCUT2D eigenvalue weighted by Crippen LogP contribution is -2.49. The number of nitrogens with one attached hydrogen (secondary N) is 2. The third-order valence-electron chi connectivity index (χ3n) is 3.71. The lowest BCUT2D eigenvalue weighted by molar-refractivity contribution is 0.429. The molecule has 2 N–H and O–H groups in total. The summed E-state index contributed by atoms with van der Waals surface area (Å²) < 4.78 is 24.5. The van der Waals surface area contributed by atoms with Gasteiger partial charge in [-0.2, -0.15) is 0 Å². The van der Waals surface area contributed by atoms with Gasteiger partial charge in [-0.3, -0.25) is 0 Å². The summed E-state index contributed by atoms with van der Waals surface area (Å²) >= 11 is 12.1. The van der Waals surface area contributed by atoms with Crippen LogP contribution in [0.1, 0.15) is 26.7 Å². The molecule has 0 aromatic heterocycles. The van der Waals surface area contributed by atoms with Crippen LogP contribution in [-0.4, -0.2) is 31.6 Å². The fourth-order valence-electron chi connectivity index (χ4n) is 2.42. The molecule has 4 nitrogen and oxygen atoms in total. The fraction of sp³-hybridized carbons (Fsp3) is 0.571. The van der Waals surface area contributed by atoms with E-state index in [1.54, 1.807) is 32.0 Å². The van der Waals surface area contributed by atoms with Crippen molar-refractivity contribution < 1.29 is 8.42 Å². The largest absolute Gasteiger partial charge is 0.381 e. The van der Waals surface area contributed by atoms with Crippen molar-refractivity contribution in [3.05, 3.63) is 28.2 Å². The van der Waals surface area contributed by atoms with E-state index in [4.69, 9.17) is 23.2 Å². The molecule has 0 spiro atoms. The number of halogens is 2. The molecule has 1 heterocycles. The zero-order chi connectivity index (χ0) is 15.6. The first-order valence-corrected chi connectivity index (χ1v) is 9.35. The van der Waals surface area contributed by atoms with Crippen molar-refractivity contribution >= 4 is 38.7 Å². The third-order valence-corrected chi connectivity index (χ3v) is 6.74. The quantitative estimate of drug-likeness (QED) is 0.874. The molecular formula is C14H20Cl2N2O2S. The average Bonchev–Trinajstić information content (AvgIpc) is 2.43. The highest BCUT2D eigenvalue weighted by Gasteiger charge is 2.33. The molecule has 0 amide bonds. The monoisotopic (exact) mass is 350 g/mol. The Bertz CT molecular complexity index is 605. The van der Waals surface area contributed by atoms with Gasteiger partial charge >= 0.3 is 0 Å². The van der Waals surface area contributed by atoms with Crippen molar-refractivity contribution in [3.8, 4) is 0 Å². The van der Waals surface area contributed by atoms with Crippen molar-refractivity contribution in [1.29, 1.82) is 0 Å². The van der Waals surface area contributed by atoms with Crippen LogP contribution in [0.3, 0.4) is 0 Å². The molecular weight excluding hydrogens is 331 g/mol. The van der Waals surface area contributed by atoms with Gasteiger partial charge in [0.25, 0.3) is 0 Å². The molecule has 1 saturated heterocycles. The van der Waals surface area contributed by atoms with E-state index in [-0.39, 0.29) is 11.3 Å². The number of sulfone groups is 1. The van der Waals surface area contributed by atoms with Gasteiger partial charge in [0.2, 0.25) is 0 Å². The Labute approximate surface area is 136 Å². The van der Waals surface area contributed by atoms with Crippen LogP contribution >= 0.6 is 23.2 Å². The molecule has 1 aromatic carbocycles. The number of piperidine rings is 1. The molecule has 1 fully saturated rings. The minimum Gasteiger partial charge on any atom is -0.381 e. The lowest BCUT2D eigenvalue weighted by atomic mass is 10.1. The molecule has 0 bridgehead atoms. The molecule has 1 aliphatic heterocycles. The maximum Gasteiger partial charge on any atom is 0.168 e. The summed E-state index contributed by atoms with van der Waals surface area (Å²) in [7, 11) is -3.15. The second-order valence-electron chi connectivity index (χ2n) is 5.57. The minimum absolute atomic E-state index is 0.0562. The molecule has 2 unspecified atom stereocenters. The maximum absolute atomic E-state index is 12.3. The van der Waals surface area contributed by atoms with Gasteiger partial charge in [0.1, 0.15) is 5.37 Å². The Morgan fingerprint density at radius 3 is 2.71 bits per heavy atom. The van der Waals surface area contributed by atoms with Crippen LogP contribution in [-0.2, 0) is 9.84 Å². The van der Waals surface area contributed by atoms with E-state index in [0.29, 0.717) is 23.0 Å². The van der Waals surface area contributed by atoms with Gasteiger partial charge in [0, 0.05) is 11.1 Å². The minimum atomic E-state index is -3.15. The fourth-order valence-corrected chi connectivity index (χ4v) is 4.27. The van der Waals surface area contributed by atoms with Crippen LogP contribution in [0.15, 0.2) is 18.2 Å².